The Bertz CT molecular complexity index is 1920. The zero-order valence-corrected chi connectivity index (χ0v) is 25.3. The predicted molar refractivity (Wildman–Crippen MR) is 173 cm³/mol. The maximum atomic E-state index is 13.1. The molecule has 1 atom stereocenters. The Balaban J connectivity index is 1.24. The summed E-state index contributed by atoms with van der Waals surface area (Å²) in [6.45, 7) is 0. The number of anilines is 2. The smallest absolute Gasteiger partial charge is 0.266 e. The molecule has 1 aromatic heterocycles. The van der Waals surface area contributed by atoms with Gasteiger partial charge in [-0.3, -0.25) is 9.59 Å². The van der Waals surface area contributed by atoms with Crippen LogP contribution in [0, 0.1) is 0 Å². The molecule has 218 valence electrons. The highest BCUT2D eigenvalue weighted by Gasteiger charge is 2.37. The van der Waals surface area contributed by atoms with Crippen molar-refractivity contribution in [2.75, 3.05) is 24.1 Å². The molecule has 5 aromatic rings. The fraction of sp³-hybridized carbons (Fsp3) is 0.118. The van der Waals surface area contributed by atoms with Gasteiger partial charge < -0.3 is 9.47 Å². The van der Waals surface area contributed by atoms with E-state index in [1.165, 1.54) is 16.2 Å². The number of thiazole rings is 1. The first-order valence-corrected chi connectivity index (χ1v) is 15.1. The standard InChI is InChI=1S/C34H25ClN4O4S/c1-42-30-15-12-22(17-31(30)43-2)29-18-27(20-10-13-23(35)14-11-20)37-39(29)34-36-28(19-44-34)21-6-5-7-24(16-21)38-32(40)25-8-3-4-9-26(25)33(38)41/h3-17,19,29H,18H2,1-2H3/t29-/m1/s1. The van der Waals surface area contributed by atoms with Crippen molar-refractivity contribution < 1.29 is 19.1 Å². The molecule has 44 heavy (non-hydrogen) atoms. The van der Waals surface area contributed by atoms with Crippen LogP contribution in [0.1, 0.15) is 44.3 Å². The molecule has 0 saturated carbocycles. The molecule has 7 rings (SSSR count). The Labute approximate surface area is 262 Å². The Kier molecular flexibility index (Phi) is 7.12. The molecule has 3 heterocycles. The van der Waals surface area contributed by atoms with Crippen LogP contribution in [0.25, 0.3) is 11.3 Å². The highest BCUT2D eigenvalue weighted by Crippen LogP contribution is 2.42. The number of imide groups is 1. The van der Waals surface area contributed by atoms with Gasteiger partial charge in [0.1, 0.15) is 0 Å². The molecule has 0 aliphatic carbocycles. The van der Waals surface area contributed by atoms with Crippen molar-refractivity contribution in [1.82, 2.24) is 4.98 Å². The van der Waals surface area contributed by atoms with Crippen LogP contribution in [0.3, 0.4) is 0 Å². The van der Waals surface area contributed by atoms with Gasteiger partial charge in [0.2, 0.25) is 5.13 Å². The number of carbonyl (C=O) groups is 2. The SMILES string of the molecule is COc1ccc([C@H]2CC(c3ccc(Cl)cc3)=NN2c2nc(-c3cccc(N4C(=O)c5ccccc5C4=O)c3)cs2)cc1OC. The fourth-order valence-electron chi connectivity index (χ4n) is 5.55. The number of fused-ring (bicyclic) bond motifs is 1. The maximum absolute atomic E-state index is 13.1. The van der Waals surface area contributed by atoms with E-state index in [1.54, 1.807) is 44.6 Å². The van der Waals surface area contributed by atoms with Crippen molar-refractivity contribution in [3.05, 3.63) is 124 Å². The predicted octanol–water partition coefficient (Wildman–Crippen LogP) is 7.64. The van der Waals surface area contributed by atoms with Crippen molar-refractivity contribution in [3.8, 4) is 22.8 Å². The van der Waals surface area contributed by atoms with E-state index in [4.69, 9.17) is 31.2 Å². The lowest BCUT2D eigenvalue weighted by Gasteiger charge is -2.22. The topological polar surface area (TPSA) is 84.3 Å². The van der Waals surface area contributed by atoms with E-state index in [9.17, 15) is 9.59 Å². The number of methoxy groups -OCH3 is 2. The van der Waals surface area contributed by atoms with Crippen LogP contribution in [0.15, 0.2) is 101 Å². The Hall–Kier alpha value is -4.99. The number of nitrogens with zero attached hydrogens (tertiary/aromatic N) is 4. The second-order valence-electron chi connectivity index (χ2n) is 10.3. The number of aromatic nitrogens is 1. The molecule has 2 amide bonds. The average Bonchev–Trinajstić information content (AvgIpc) is 3.78. The van der Waals surface area contributed by atoms with Crippen LogP contribution in [-0.2, 0) is 0 Å². The van der Waals surface area contributed by atoms with Crippen molar-refractivity contribution in [1.29, 1.82) is 0 Å². The van der Waals surface area contributed by atoms with Crippen LogP contribution in [0.4, 0.5) is 10.8 Å². The van der Waals surface area contributed by atoms with Gasteiger partial charge in [-0.25, -0.2) is 14.9 Å². The average molecular weight is 621 g/mol. The summed E-state index contributed by atoms with van der Waals surface area (Å²) in [7, 11) is 3.23. The first-order valence-electron chi connectivity index (χ1n) is 13.8. The number of carbonyl (C=O) groups excluding carboxylic acids is 2. The molecule has 2 aliphatic rings. The molecule has 0 spiro atoms. The second kappa shape index (κ2) is 11.3. The van der Waals surface area contributed by atoms with E-state index in [0.717, 1.165) is 22.4 Å². The van der Waals surface area contributed by atoms with E-state index in [0.29, 0.717) is 50.6 Å². The lowest BCUT2D eigenvalue weighted by atomic mass is 9.98. The van der Waals surface area contributed by atoms with Crippen LogP contribution in [0.5, 0.6) is 11.5 Å². The lowest BCUT2D eigenvalue weighted by molar-refractivity contribution is 0.0926. The summed E-state index contributed by atoms with van der Waals surface area (Å²) in [5.74, 6) is 0.616. The minimum atomic E-state index is -0.333. The molecule has 4 aromatic carbocycles. The second-order valence-corrected chi connectivity index (χ2v) is 11.6. The van der Waals surface area contributed by atoms with Gasteiger partial charge in [-0.2, -0.15) is 5.10 Å². The molecule has 0 unspecified atom stereocenters. The molecular formula is C34H25ClN4O4S. The highest BCUT2D eigenvalue weighted by molar-refractivity contribution is 7.14. The molecule has 0 radical (unpaired) electrons. The number of hydrogen-bond acceptors (Lipinski definition) is 8. The number of benzene rings is 4. The minimum absolute atomic E-state index is 0.149. The van der Waals surface area contributed by atoms with Gasteiger partial charge in [-0.15, -0.1) is 11.3 Å². The monoisotopic (exact) mass is 620 g/mol. The molecule has 0 N–H and O–H groups in total. The Morgan fingerprint density at radius 3 is 2.25 bits per heavy atom. The zero-order chi connectivity index (χ0) is 30.4. The fourth-order valence-corrected chi connectivity index (χ4v) is 6.51. The quantitative estimate of drug-likeness (QED) is 0.174. The van der Waals surface area contributed by atoms with Crippen molar-refractivity contribution in [3.63, 3.8) is 0 Å². The summed E-state index contributed by atoms with van der Waals surface area (Å²) in [6, 6.07) is 27.6. The lowest BCUT2D eigenvalue weighted by Crippen LogP contribution is -2.29. The number of hydrazone groups is 1. The van der Waals surface area contributed by atoms with Gasteiger partial charge in [0.25, 0.3) is 11.8 Å². The van der Waals surface area contributed by atoms with Gasteiger partial charge in [0.15, 0.2) is 11.5 Å². The molecule has 0 fully saturated rings. The largest absolute Gasteiger partial charge is 0.493 e. The molecule has 10 heteroatoms. The van der Waals surface area contributed by atoms with Crippen LogP contribution >= 0.6 is 22.9 Å². The zero-order valence-electron chi connectivity index (χ0n) is 23.7. The van der Waals surface area contributed by atoms with Gasteiger partial charge in [0.05, 0.1) is 48.5 Å². The number of halogens is 1. The van der Waals surface area contributed by atoms with Gasteiger partial charge >= 0.3 is 0 Å². The third kappa shape index (κ3) is 4.80. The number of hydrogen-bond donors (Lipinski definition) is 0. The van der Waals surface area contributed by atoms with Crippen molar-refractivity contribution >= 4 is 51.3 Å². The maximum Gasteiger partial charge on any atom is 0.266 e. The summed E-state index contributed by atoms with van der Waals surface area (Å²) in [4.78, 5) is 32.4. The van der Waals surface area contributed by atoms with Crippen molar-refractivity contribution in [2.45, 2.75) is 12.5 Å². The molecule has 0 bridgehead atoms. The number of amides is 2. The Morgan fingerprint density at radius 2 is 1.55 bits per heavy atom. The molecule has 0 saturated heterocycles. The van der Waals surface area contributed by atoms with Gasteiger partial charge in [0, 0.05) is 22.4 Å². The van der Waals surface area contributed by atoms with E-state index in [1.807, 2.05) is 71.1 Å². The summed E-state index contributed by atoms with van der Waals surface area (Å²) in [5, 5.41) is 10.3. The van der Waals surface area contributed by atoms with Crippen LogP contribution < -0.4 is 19.4 Å². The number of ether oxygens (including phenoxy) is 2. The summed E-state index contributed by atoms with van der Waals surface area (Å²) < 4.78 is 11.1. The Morgan fingerprint density at radius 1 is 0.818 bits per heavy atom. The molecular weight excluding hydrogens is 596 g/mol. The van der Waals surface area contributed by atoms with E-state index in [-0.39, 0.29) is 17.9 Å². The van der Waals surface area contributed by atoms with E-state index in [2.05, 4.69) is 0 Å². The minimum Gasteiger partial charge on any atom is -0.493 e. The number of rotatable bonds is 7. The highest BCUT2D eigenvalue weighted by atomic mass is 35.5. The third-order valence-electron chi connectivity index (χ3n) is 7.76. The normalized spacial score (nSPS) is 15.9. The summed E-state index contributed by atoms with van der Waals surface area (Å²) >= 11 is 7.63. The summed E-state index contributed by atoms with van der Waals surface area (Å²) in [5.41, 5.74) is 5.69. The van der Waals surface area contributed by atoms with E-state index < -0.39 is 0 Å². The van der Waals surface area contributed by atoms with Gasteiger partial charge in [-0.05, 0) is 59.7 Å². The van der Waals surface area contributed by atoms with E-state index >= 15 is 0 Å². The first kappa shape index (κ1) is 27.8. The van der Waals surface area contributed by atoms with Crippen LogP contribution in [0.2, 0.25) is 5.02 Å². The van der Waals surface area contributed by atoms with Crippen LogP contribution in [-0.4, -0.2) is 36.7 Å². The van der Waals surface area contributed by atoms with Crippen molar-refractivity contribution in [2.24, 2.45) is 5.10 Å². The summed E-state index contributed by atoms with van der Waals surface area (Å²) in [6.07, 6.45) is 0.640. The molecule has 8 nitrogen and oxygen atoms in total. The third-order valence-corrected chi connectivity index (χ3v) is 8.84. The first-order chi connectivity index (χ1) is 21.4. The molecule has 2 aliphatic heterocycles. The van der Waals surface area contributed by atoms with Gasteiger partial charge in [-0.1, -0.05) is 54.1 Å².